The zero-order valence-electron chi connectivity index (χ0n) is 16.8. The molecule has 1 heterocycles. The fraction of sp³-hybridized carbons (Fsp3) is 0.364. The molecular weight excluding hydrogens is 388 g/mol. The van der Waals surface area contributed by atoms with Crippen molar-refractivity contribution >= 4 is 28.8 Å². The normalized spacial score (nSPS) is 13.7. The topological polar surface area (TPSA) is 60.0 Å². The number of amides is 1. The summed E-state index contributed by atoms with van der Waals surface area (Å²) < 4.78 is 16.5. The maximum Gasteiger partial charge on any atom is 0.262 e. The van der Waals surface area contributed by atoms with Crippen LogP contribution in [0.2, 0.25) is 0 Å². The summed E-state index contributed by atoms with van der Waals surface area (Å²) >= 11 is 5.60. The first-order chi connectivity index (χ1) is 14.1. The average Bonchev–Trinajstić information content (AvgIpc) is 2.78. The quantitative estimate of drug-likeness (QED) is 0.702. The molecule has 1 aliphatic rings. The van der Waals surface area contributed by atoms with E-state index in [4.69, 9.17) is 26.4 Å². The number of hydrogen-bond donors (Lipinski definition) is 1. The SMILES string of the molecule is CCc1ccc(NC(=O)COc2ccc(C(=S)N3CCOCC3)cc2OC)cc1. The van der Waals surface area contributed by atoms with Crippen LogP contribution in [0.5, 0.6) is 11.5 Å². The molecule has 1 aliphatic heterocycles. The van der Waals surface area contributed by atoms with Crippen molar-refractivity contribution in [3.05, 3.63) is 53.6 Å². The molecule has 3 rings (SSSR count). The highest BCUT2D eigenvalue weighted by Crippen LogP contribution is 2.29. The number of aryl methyl sites for hydroxylation is 1. The fourth-order valence-corrected chi connectivity index (χ4v) is 3.34. The van der Waals surface area contributed by atoms with Crippen molar-refractivity contribution < 1.29 is 19.0 Å². The van der Waals surface area contributed by atoms with Crippen molar-refractivity contribution in [2.24, 2.45) is 0 Å². The number of methoxy groups -OCH3 is 1. The summed E-state index contributed by atoms with van der Waals surface area (Å²) in [7, 11) is 1.57. The number of hydrogen-bond acceptors (Lipinski definition) is 5. The van der Waals surface area contributed by atoms with Gasteiger partial charge in [-0.3, -0.25) is 4.79 Å². The Hall–Kier alpha value is -2.64. The molecule has 1 N–H and O–H groups in total. The lowest BCUT2D eigenvalue weighted by Gasteiger charge is -2.29. The van der Waals surface area contributed by atoms with E-state index >= 15 is 0 Å². The molecule has 2 aromatic rings. The Kier molecular flexibility index (Phi) is 7.43. The molecule has 1 saturated heterocycles. The van der Waals surface area contributed by atoms with Crippen LogP contribution in [0.3, 0.4) is 0 Å². The van der Waals surface area contributed by atoms with Crippen LogP contribution < -0.4 is 14.8 Å². The van der Waals surface area contributed by atoms with Gasteiger partial charge < -0.3 is 24.4 Å². The molecule has 2 aromatic carbocycles. The van der Waals surface area contributed by atoms with E-state index in [9.17, 15) is 4.79 Å². The first kappa shape index (κ1) is 21.1. The van der Waals surface area contributed by atoms with Crippen LogP contribution in [0.15, 0.2) is 42.5 Å². The summed E-state index contributed by atoms with van der Waals surface area (Å²) in [5.74, 6) is 0.805. The van der Waals surface area contributed by atoms with Gasteiger partial charge >= 0.3 is 0 Å². The lowest BCUT2D eigenvalue weighted by molar-refractivity contribution is -0.118. The number of ether oxygens (including phenoxy) is 3. The van der Waals surface area contributed by atoms with Gasteiger partial charge in [-0.25, -0.2) is 0 Å². The summed E-state index contributed by atoms with van der Waals surface area (Å²) in [5.41, 5.74) is 2.85. The molecule has 0 aromatic heterocycles. The second kappa shape index (κ2) is 10.2. The molecule has 7 heteroatoms. The van der Waals surface area contributed by atoms with Gasteiger partial charge in [0, 0.05) is 24.3 Å². The summed E-state index contributed by atoms with van der Waals surface area (Å²) in [4.78, 5) is 15.1. The molecule has 0 saturated carbocycles. The maximum absolute atomic E-state index is 12.2. The summed E-state index contributed by atoms with van der Waals surface area (Å²) in [6.45, 7) is 4.88. The van der Waals surface area contributed by atoms with Crippen LogP contribution >= 0.6 is 12.2 Å². The lowest BCUT2D eigenvalue weighted by Crippen LogP contribution is -2.40. The van der Waals surface area contributed by atoms with E-state index in [1.807, 2.05) is 36.4 Å². The Morgan fingerprint density at radius 2 is 1.86 bits per heavy atom. The van der Waals surface area contributed by atoms with Gasteiger partial charge in [-0.05, 0) is 42.3 Å². The first-order valence-corrected chi connectivity index (χ1v) is 10.1. The fourth-order valence-electron chi connectivity index (χ4n) is 3.03. The highest BCUT2D eigenvalue weighted by molar-refractivity contribution is 7.80. The van der Waals surface area contributed by atoms with E-state index in [0.717, 1.165) is 35.7 Å². The smallest absolute Gasteiger partial charge is 0.262 e. The Bertz CT molecular complexity index is 848. The van der Waals surface area contributed by atoms with Crippen molar-refractivity contribution in [1.29, 1.82) is 0 Å². The van der Waals surface area contributed by atoms with Gasteiger partial charge in [0.15, 0.2) is 18.1 Å². The lowest BCUT2D eigenvalue weighted by atomic mass is 10.1. The van der Waals surface area contributed by atoms with Crippen molar-refractivity contribution in [3.63, 3.8) is 0 Å². The van der Waals surface area contributed by atoms with Gasteiger partial charge in [-0.15, -0.1) is 0 Å². The van der Waals surface area contributed by atoms with Crippen LogP contribution in [0.25, 0.3) is 0 Å². The van der Waals surface area contributed by atoms with Gasteiger partial charge in [-0.1, -0.05) is 31.3 Å². The standard InChI is InChI=1S/C22H26N2O4S/c1-3-16-4-7-18(8-5-16)23-21(25)15-28-19-9-6-17(14-20(19)26-2)22(29)24-10-12-27-13-11-24/h4-9,14H,3,10-13,15H2,1-2H3,(H,23,25). The number of carbonyl (C=O) groups is 1. The van der Waals surface area contributed by atoms with Crippen LogP contribution in [0, 0.1) is 0 Å². The summed E-state index contributed by atoms with van der Waals surface area (Å²) in [6.07, 6.45) is 0.960. The predicted octanol–water partition coefficient (Wildman–Crippen LogP) is 3.28. The zero-order valence-corrected chi connectivity index (χ0v) is 17.6. The molecule has 6 nitrogen and oxygen atoms in total. The maximum atomic E-state index is 12.2. The number of anilines is 1. The predicted molar refractivity (Wildman–Crippen MR) is 117 cm³/mol. The molecule has 1 amide bonds. The zero-order chi connectivity index (χ0) is 20.6. The number of carbonyl (C=O) groups excluding carboxylic acids is 1. The summed E-state index contributed by atoms with van der Waals surface area (Å²) in [6, 6.07) is 13.3. The monoisotopic (exact) mass is 414 g/mol. The van der Waals surface area contributed by atoms with Gasteiger partial charge in [-0.2, -0.15) is 0 Å². The summed E-state index contributed by atoms with van der Waals surface area (Å²) in [5, 5.41) is 2.83. The molecule has 0 unspecified atom stereocenters. The molecule has 154 valence electrons. The second-order valence-electron chi connectivity index (χ2n) is 6.66. The molecule has 1 fully saturated rings. The Labute approximate surface area is 176 Å². The van der Waals surface area contributed by atoms with Gasteiger partial charge in [0.2, 0.25) is 0 Å². The Morgan fingerprint density at radius 3 is 2.52 bits per heavy atom. The minimum Gasteiger partial charge on any atom is -0.493 e. The highest BCUT2D eigenvalue weighted by Gasteiger charge is 2.17. The molecule has 29 heavy (non-hydrogen) atoms. The van der Waals surface area contributed by atoms with E-state index in [1.165, 1.54) is 5.56 Å². The molecule has 0 bridgehead atoms. The van der Waals surface area contributed by atoms with E-state index in [1.54, 1.807) is 13.2 Å². The Morgan fingerprint density at radius 1 is 1.14 bits per heavy atom. The third kappa shape index (κ3) is 5.68. The van der Waals surface area contributed by atoms with E-state index in [0.29, 0.717) is 24.7 Å². The number of rotatable bonds is 7. The van der Waals surface area contributed by atoms with Crippen LogP contribution in [-0.2, 0) is 16.0 Å². The molecule has 0 radical (unpaired) electrons. The largest absolute Gasteiger partial charge is 0.493 e. The van der Waals surface area contributed by atoms with Crippen LogP contribution in [-0.4, -0.2) is 55.8 Å². The number of benzene rings is 2. The van der Waals surface area contributed by atoms with Crippen LogP contribution in [0.4, 0.5) is 5.69 Å². The highest BCUT2D eigenvalue weighted by atomic mass is 32.1. The van der Waals surface area contributed by atoms with Gasteiger partial charge in [0.1, 0.15) is 4.99 Å². The molecule has 0 spiro atoms. The van der Waals surface area contributed by atoms with Gasteiger partial charge in [0.05, 0.1) is 20.3 Å². The second-order valence-corrected chi connectivity index (χ2v) is 7.04. The number of nitrogens with zero attached hydrogens (tertiary/aromatic N) is 1. The van der Waals surface area contributed by atoms with E-state index < -0.39 is 0 Å². The van der Waals surface area contributed by atoms with Crippen molar-refractivity contribution in [2.45, 2.75) is 13.3 Å². The van der Waals surface area contributed by atoms with Crippen LogP contribution in [0.1, 0.15) is 18.1 Å². The third-order valence-electron chi connectivity index (χ3n) is 4.71. The third-order valence-corrected chi connectivity index (χ3v) is 5.21. The van der Waals surface area contributed by atoms with Crippen molar-refractivity contribution in [1.82, 2.24) is 4.90 Å². The molecular formula is C22H26N2O4S. The van der Waals surface area contributed by atoms with Gasteiger partial charge in [0.25, 0.3) is 5.91 Å². The minimum atomic E-state index is -0.232. The first-order valence-electron chi connectivity index (χ1n) is 9.67. The minimum absolute atomic E-state index is 0.112. The Balaban J connectivity index is 1.59. The molecule has 0 atom stereocenters. The van der Waals surface area contributed by atoms with E-state index in [-0.39, 0.29) is 12.5 Å². The van der Waals surface area contributed by atoms with E-state index in [2.05, 4.69) is 17.1 Å². The average molecular weight is 415 g/mol. The number of morpholine rings is 1. The molecule has 0 aliphatic carbocycles. The number of nitrogens with one attached hydrogen (secondary N) is 1. The number of thiocarbonyl (C=S) groups is 1. The van der Waals surface area contributed by atoms with Crippen molar-refractivity contribution in [2.75, 3.05) is 45.3 Å². The van der Waals surface area contributed by atoms with Crippen molar-refractivity contribution in [3.8, 4) is 11.5 Å².